The van der Waals surface area contributed by atoms with Crippen molar-refractivity contribution in [3.05, 3.63) is 17.0 Å². The van der Waals surface area contributed by atoms with Crippen molar-refractivity contribution in [1.82, 2.24) is 4.90 Å². The summed E-state index contributed by atoms with van der Waals surface area (Å²) in [5, 5.41) is 5.16. The van der Waals surface area contributed by atoms with Gasteiger partial charge in [0.1, 0.15) is 5.00 Å². The van der Waals surface area contributed by atoms with Gasteiger partial charge in [-0.3, -0.25) is 9.69 Å². The predicted octanol–water partition coefficient (Wildman–Crippen LogP) is 2.74. The second-order valence-electron chi connectivity index (χ2n) is 5.50. The number of methoxy groups -OCH3 is 1. The van der Waals surface area contributed by atoms with Crippen LogP contribution in [0.15, 0.2) is 11.4 Å². The van der Waals surface area contributed by atoms with Crippen LogP contribution in [0, 0.1) is 0 Å². The molecule has 116 valence electrons. The highest BCUT2D eigenvalue weighted by molar-refractivity contribution is 7.14. The van der Waals surface area contributed by atoms with Gasteiger partial charge in [-0.25, -0.2) is 4.79 Å². The van der Waals surface area contributed by atoms with Gasteiger partial charge in [-0.1, -0.05) is 6.42 Å². The molecule has 1 aromatic heterocycles. The number of hydrogen-bond donors (Lipinski definition) is 1. The Morgan fingerprint density at radius 1 is 1.38 bits per heavy atom. The minimum absolute atomic E-state index is 0.0804. The van der Waals surface area contributed by atoms with Crippen LogP contribution < -0.4 is 5.32 Å². The number of ether oxygens (including phenoxy) is 1. The number of nitrogens with one attached hydrogen (secondary N) is 1. The minimum Gasteiger partial charge on any atom is -0.465 e. The summed E-state index contributed by atoms with van der Waals surface area (Å²) in [6.07, 6.45) is 3.48. The number of likely N-dealkylation sites (tertiary alicyclic amines) is 1. The fraction of sp³-hybridized carbons (Fsp3) is 0.600. The zero-order chi connectivity index (χ0) is 15.4. The van der Waals surface area contributed by atoms with Gasteiger partial charge in [-0.2, -0.15) is 0 Å². The van der Waals surface area contributed by atoms with Gasteiger partial charge in [0, 0.05) is 12.1 Å². The topological polar surface area (TPSA) is 58.6 Å². The van der Waals surface area contributed by atoms with Crippen molar-refractivity contribution < 1.29 is 14.3 Å². The molecule has 2 unspecified atom stereocenters. The van der Waals surface area contributed by atoms with E-state index in [1.807, 2.05) is 0 Å². The Labute approximate surface area is 129 Å². The fourth-order valence-corrected chi connectivity index (χ4v) is 3.59. The maximum Gasteiger partial charge on any atom is 0.340 e. The van der Waals surface area contributed by atoms with Gasteiger partial charge >= 0.3 is 5.97 Å². The van der Waals surface area contributed by atoms with Crippen LogP contribution in [0.5, 0.6) is 0 Å². The van der Waals surface area contributed by atoms with Gasteiger partial charge in [0.2, 0.25) is 5.91 Å². The molecular weight excluding hydrogens is 288 g/mol. The maximum absolute atomic E-state index is 12.2. The average molecular weight is 310 g/mol. The van der Waals surface area contributed by atoms with E-state index in [9.17, 15) is 9.59 Å². The first-order chi connectivity index (χ1) is 10.0. The van der Waals surface area contributed by atoms with Crippen LogP contribution in [-0.2, 0) is 9.53 Å². The molecule has 1 aliphatic heterocycles. The molecule has 6 heteroatoms. The molecular formula is C15H22N2O3S. The summed E-state index contributed by atoms with van der Waals surface area (Å²) in [5.74, 6) is -0.505. The highest BCUT2D eigenvalue weighted by Gasteiger charge is 2.26. The molecule has 0 aromatic carbocycles. The molecule has 1 amide bonds. The molecule has 0 saturated carbocycles. The van der Waals surface area contributed by atoms with E-state index in [-0.39, 0.29) is 5.91 Å². The minimum atomic E-state index is -0.425. The predicted molar refractivity (Wildman–Crippen MR) is 83.8 cm³/mol. The largest absolute Gasteiger partial charge is 0.465 e. The number of nitrogens with zero attached hydrogens (tertiary/aromatic N) is 1. The van der Waals surface area contributed by atoms with E-state index in [0.717, 1.165) is 12.8 Å². The van der Waals surface area contributed by atoms with E-state index in [1.165, 1.54) is 24.9 Å². The van der Waals surface area contributed by atoms with Crippen LogP contribution >= 0.6 is 11.3 Å². The second kappa shape index (κ2) is 7.04. The number of carbonyl (C=O) groups is 2. The van der Waals surface area contributed by atoms with Crippen LogP contribution in [0.1, 0.15) is 43.5 Å². The summed E-state index contributed by atoms with van der Waals surface area (Å²) < 4.78 is 4.71. The molecule has 0 bridgehead atoms. The lowest BCUT2D eigenvalue weighted by molar-refractivity contribution is -0.118. The van der Waals surface area contributed by atoms with Crippen LogP contribution in [0.25, 0.3) is 0 Å². The SMILES string of the molecule is COC(=O)c1ccsc1NC(=O)CN1C(C)CCCC1C. The molecule has 2 heterocycles. The Balaban J connectivity index is 1.99. The molecule has 2 rings (SSSR count). The first kappa shape index (κ1) is 16.0. The Bertz CT molecular complexity index is 505. The summed E-state index contributed by atoms with van der Waals surface area (Å²) in [5.41, 5.74) is 0.413. The third kappa shape index (κ3) is 3.83. The molecule has 0 spiro atoms. The zero-order valence-corrected chi connectivity index (χ0v) is 13.5. The number of rotatable bonds is 4. The lowest BCUT2D eigenvalue weighted by Gasteiger charge is -2.38. The Morgan fingerprint density at radius 3 is 2.67 bits per heavy atom. The lowest BCUT2D eigenvalue weighted by Crippen LogP contribution is -2.47. The highest BCUT2D eigenvalue weighted by atomic mass is 32.1. The molecule has 1 saturated heterocycles. The monoisotopic (exact) mass is 310 g/mol. The Hall–Kier alpha value is -1.40. The van der Waals surface area contributed by atoms with Gasteiger partial charge in [0.25, 0.3) is 0 Å². The fourth-order valence-electron chi connectivity index (χ4n) is 2.80. The Morgan fingerprint density at radius 2 is 2.05 bits per heavy atom. The van der Waals surface area contributed by atoms with Gasteiger partial charge in [-0.15, -0.1) is 11.3 Å². The number of carbonyl (C=O) groups excluding carboxylic acids is 2. The van der Waals surface area contributed by atoms with Crippen molar-refractivity contribution in [2.75, 3.05) is 19.0 Å². The molecule has 2 atom stereocenters. The number of anilines is 1. The quantitative estimate of drug-likeness (QED) is 0.869. The summed E-state index contributed by atoms with van der Waals surface area (Å²) >= 11 is 1.33. The molecule has 1 aromatic rings. The van der Waals surface area contributed by atoms with Crippen LogP contribution in [-0.4, -0.2) is 42.5 Å². The molecule has 0 aliphatic carbocycles. The zero-order valence-electron chi connectivity index (χ0n) is 12.7. The number of amides is 1. The van der Waals surface area contributed by atoms with Crippen molar-refractivity contribution in [2.24, 2.45) is 0 Å². The van der Waals surface area contributed by atoms with Crippen LogP contribution in [0.3, 0.4) is 0 Å². The third-order valence-corrected chi connectivity index (χ3v) is 4.86. The van der Waals surface area contributed by atoms with Crippen molar-refractivity contribution in [3.63, 3.8) is 0 Å². The summed E-state index contributed by atoms with van der Waals surface area (Å²) in [7, 11) is 1.34. The molecule has 0 radical (unpaired) electrons. The highest BCUT2D eigenvalue weighted by Crippen LogP contribution is 2.25. The molecule has 5 nitrogen and oxygen atoms in total. The molecule has 1 fully saturated rings. The van der Waals surface area contributed by atoms with Crippen molar-refractivity contribution in [2.45, 2.75) is 45.2 Å². The van der Waals surface area contributed by atoms with Crippen molar-refractivity contribution in [1.29, 1.82) is 0 Å². The van der Waals surface area contributed by atoms with E-state index < -0.39 is 5.97 Å². The molecule has 1 N–H and O–H groups in total. The summed E-state index contributed by atoms with van der Waals surface area (Å²) in [6.45, 7) is 4.68. The second-order valence-corrected chi connectivity index (χ2v) is 6.42. The van der Waals surface area contributed by atoms with Crippen LogP contribution in [0.2, 0.25) is 0 Å². The summed E-state index contributed by atoms with van der Waals surface area (Å²) in [6, 6.07) is 2.50. The normalized spacial score (nSPS) is 22.8. The number of hydrogen-bond acceptors (Lipinski definition) is 5. The smallest absolute Gasteiger partial charge is 0.340 e. The number of thiophene rings is 1. The average Bonchev–Trinajstić information content (AvgIpc) is 2.90. The summed E-state index contributed by atoms with van der Waals surface area (Å²) in [4.78, 5) is 26.1. The number of piperidine rings is 1. The van der Waals surface area contributed by atoms with E-state index in [2.05, 4.69) is 24.1 Å². The molecule has 21 heavy (non-hydrogen) atoms. The Kier molecular flexibility index (Phi) is 5.36. The first-order valence-electron chi connectivity index (χ1n) is 7.24. The number of esters is 1. The van der Waals surface area contributed by atoms with Gasteiger partial charge in [0.15, 0.2) is 0 Å². The van der Waals surface area contributed by atoms with E-state index in [4.69, 9.17) is 4.74 Å². The first-order valence-corrected chi connectivity index (χ1v) is 8.12. The lowest BCUT2D eigenvalue weighted by atomic mass is 9.97. The van der Waals surface area contributed by atoms with E-state index in [1.54, 1.807) is 11.4 Å². The third-order valence-electron chi connectivity index (χ3n) is 4.03. The van der Waals surface area contributed by atoms with Crippen molar-refractivity contribution in [3.8, 4) is 0 Å². The van der Waals surface area contributed by atoms with E-state index >= 15 is 0 Å². The van der Waals surface area contributed by atoms with Gasteiger partial charge in [-0.05, 0) is 38.1 Å². The van der Waals surface area contributed by atoms with Gasteiger partial charge in [0.05, 0.1) is 19.2 Å². The van der Waals surface area contributed by atoms with Crippen LogP contribution in [0.4, 0.5) is 5.00 Å². The molecule has 1 aliphatic rings. The maximum atomic E-state index is 12.2. The van der Waals surface area contributed by atoms with Gasteiger partial charge < -0.3 is 10.1 Å². The van der Waals surface area contributed by atoms with Crippen molar-refractivity contribution >= 4 is 28.2 Å². The standard InChI is InChI=1S/C15H22N2O3S/c1-10-5-4-6-11(2)17(10)9-13(18)16-14-12(7-8-21-14)15(19)20-3/h7-8,10-11H,4-6,9H2,1-3H3,(H,16,18). The van der Waals surface area contributed by atoms with E-state index in [0.29, 0.717) is 29.2 Å².